The minimum Gasteiger partial charge on any atom is -0.444 e. The highest BCUT2D eigenvalue weighted by Crippen LogP contribution is 2.13. The van der Waals surface area contributed by atoms with Gasteiger partial charge in [-0.3, -0.25) is 4.79 Å². The number of amides is 3. The molecular weight excluding hydrogens is 406 g/mol. The zero-order valence-corrected chi connectivity index (χ0v) is 18.8. The van der Waals surface area contributed by atoms with E-state index in [4.69, 9.17) is 14.2 Å². The Hall–Kier alpha value is -3.30. The molecule has 172 valence electrons. The number of carbonyl (C=O) groups is 4. The summed E-state index contributed by atoms with van der Waals surface area (Å²) >= 11 is 0. The number of alkyl carbamates (subject to hydrolysis) is 2. The minimum atomic E-state index is -0.721. The highest BCUT2D eigenvalue weighted by molar-refractivity contribution is 5.82. The van der Waals surface area contributed by atoms with E-state index >= 15 is 0 Å². The number of carbonyl (C=O) groups excluding carboxylic acids is 4. The van der Waals surface area contributed by atoms with Crippen molar-refractivity contribution >= 4 is 24.1 Å². The third-order valence-electron chi connectivity index (χ3n) is 3.19. The summed E-state index contributed by atoms with van der Waals surface area (Å²) in [7, 11) is 0. The second kappa shape index (κ2) is 11.2. The molecule has 0 aromatic heterocycles. The number of ether oxygens (including phenoxy) is 3. The SMILES string of the molecule is CC(C)(C)OC(=O)NCC(=O)NCc1cccc(OC(=O)CNC(=O)OC(C)(C)C)c1. The molecule has 1 aromatic rings. The van der Waals surface area contributed by atoms with E-state index < -0.39 is 35.3 Å². The van der Waals surface area contributed by atoms with Crippen molar-refractivity contribution in [1.82, 2.24) is 16.0 Å². The first-order valence-electron chi connectivity index (χ1n) is 9.73. The zero-order valence-electron chi connectivity index (χ0n) is 18.8. The normalized spacial score (nSPS) is 11.2. The molecule has 0 heterocycles. The van der Waals surface area contributed by atoms with Gasteiger partial charge < -0.3 is 30.2 Å². The van der Waals surface area contributed by atoms with E-state index in [0.29, 0.717) is 5.56 Å². The van der Waals surface area contributed by atoms with Crippen LogP contribution in [0.4, 0.5) is 9.59 Å². The average Bonchev–Trinajstić information content (AvgIpc) is 2.60. The van der Waals surface area contributed by atoms with Crippen LogP contribution in [0.5, 0.6) is 5.75 Å². The Balaban J connectivity index is 2.42. The maximum atomic E-state index is 11.9. The van der Waals surface area contributed by atoms with E-state index in [1.807, 2.05) is 0 Å². The third kappa shape index (κ3) is 12.8. The quantitative estimate of drug-likeness (QED) is 0.440. The van der Waals surface area contributed by atoms with Crippen LogP contribution >= 0.6 is 0 Å². The predicted octanol–water partition coefficient (Wildman–Crippen LogP) is 2.26. The monoisotopic (exact) mass is 437 g/mol. The fourth-order valence-corrected chi connectivity index (χ4v) is 2.07. The largest absolute Gasteiger partial charge is 0.444 e. The lowest BCUT2D eigenvalue weighted by molar-refractivity contribution is -0.133. The number of hydrogen-bond acceptors (Lipinski definition) is 7. The predicted molar refractivity (Wildman–Crippen MR) is 112 cm³/mol. The molecular formula is C21H31N3O7. The maximum absolute atomic E-state index is 11.9. The first-order chi connectivity index (χ1) is 14.2. The smallest absolute Gasteiger partial charge is 0.408 e. The van der Waals surface area contributed by atoms with E-state index in [1.54, 1.807) is 65.8 Å². The molecule has 0 bridgehead atoms. The highest BCUT2D eigenvalue weighted by atomic mass is 16.6. The van der Waals surface area contributed by atoms with Gasteiger partial charge in [0.1, 0.15) is 30.0 Å². The van der Waals surface area contributed by atoms with Gasteiger partial charge in [0.05, 0.1) is 0 Å². The van der Waals surface area contributed by atoms with Crippen LogP contribution < -0.4 is 20.7 Å². The standard InChI is InChI=1S/C21H31N3O7/c1-20(2,3)30-18(27)23-12-16(25)22-11-14-8-7-9-15(10-14)29-17(26)13-24-19(28)31-21(4,5)6/h7-10H,11-13H2,1-6H3,(H,22,25)(H,23,27)(H,24,28). The lowest BCUT2D eigenvalue weighted by atomic mass is 10.2. The van der Waals surface area contributed by atoms with Gasteiger partial charge in [0.15, 0.2) is 0 Å². The van der Waals surface area contributed by atoms with Crippen LogP contribution in [0, 0.1) is 0 Å². The molecule has 0 unspecified atom stereocenters. The van der Waals surface area contributed by atoms with Crippen molar-refractivity contribution in [3.63, 3.8) is 0 Å². The van der Waals surface area contributed by atoms with Crippen LogP contribution in [0.2, 0.25) is 0 Å². The van der Waals surface area contributed by atoms with Gasteiger partial charge in [-0.1, -0.05) is 12.1 Å². The topological polar surface area (TPSA) is 132 Å². The molecule has 10 heteroatoms. The first-order valence-corrected chi connectivity index (χ1v) is 9.73. The Bertz CT molecular complexity index is 795. The minimum absolute atomic E-state index is 0.163. The van der Waals surface area contributed by atoms with Crippen molar-refractivity contribution in [3.05, 3.63) is 29.8 Å². The molecule has 0 spiro atoms. The molecule has 31 heavy (non-hydrogen) atoms. The van der Waals surface area contributed by atoms with Crippen LogP contribution in [0.25, 0.3) is 0 Å². The molecule has 0 radical (unpaired) electrons. The molecule has 1 rings (SSSR count). The van der Waals surface area contributed by atoms with Crippen LogP contribution in [0.1, 0.15) is 47.1 Å². The Morgan fingerprint density at radius 2 is 1.35 bits per heavy atom. The summed E-state index contributed by atoms with van der Waals surface area (Å²) < 4.78 is 15.3. The van der Waals surface area contributed by atoms with Gasteiger partial charge in [0.2, 0.25) is 5.91 Å². The van der Waals surface area contributed by atoms with Gasteiger partial charge in [-0.05, 0) is 59.2 Å². The first kappa shape index (κ1) is 25.7. The maximum Gasteiger partial charge on any atom is 0.408 e. The summed E-state index contributed by atoms with van der Waals surface area (Å²) in [4.78, 5) is 46.9. The lowest BCUT2D eigenvalue weighted by Gasteiger charge is -2.19. The zero-order chi connectivity index (χ0) is 23.7. The molecule has 1 aromatic carbocycles. The van der Waals surface area contributed by atoms with E-state index in [1.165, 1.54) is 0 Å². The van der Waals surface area contributed by atoms with Crippen molar-refractivity contribution in [3.8, 4) is 5.75 Å². The fourth-order valence-electron chi connectivity index (χ4n) is 2.07. The number of esters is 1. The van der Waals surface area contributed by atoms with Gasteiger partial charge in [0.25, 0.3) is 0 Å². The third-order valence-corrected chi connectivity index (χ3v) is 3.19. The second-order valence-electron chi connectivity index (χ2n) is 8.61. The van der Waals surface area contributed by atoms with Crippen LogP contribution in [0.15, 0.2) is 24.3 Å². The Kier molecular flexibility index (Phi) is 9.29. The number of rotatable bonds is 7. The van der Waals surface area contributed by atoms with Crippen molar-refractivity contribution in [1.29, 1.82) is 0 Å². The molecule has 0 saturated heterocycles. The Morgan fingerprint density at radius 1 is 0.806 bits per heavy atom. The molecule has 0 aliphatic carbocycles. The van der Waals surface area contributed by atoms with E-state index in [9.17, 15) is 19.2 Å². The highest BCUT2D eigenvalue weighted by Gasteiger charge is 2.18. The van der Waals surface area contributed by atoms with Crippen LogP contribution in [0.3, 0.4) is 0 Å². The van der Waals surface area contributed by atoms with Gasteiger partial charge >= 0.3 is 18.2 Å². The molecule has 0 atom stereocenters. The molecule has 0 aliphatic heterocycles. The molecule has 10 nitrogen and oxygen atoms in total. The molecule has 3 N–H and O–H groups in total. The van der Waals surface area contributed by atoms with Crippen molar-refractivity contribution in [2.75, 3.05) is 13.1 Å². The molecule has 0 saturated carbocycles. The van der Waals surface area contributed by atoms with E-state index in [0.717, 1.165) is 0 Å². The Labute approximate surface area is 182 Å². The fraction of sp³-hybridized carbons (Fsp3) is 0.524. The molecule has 3 amide bonds. The summed E-state index contributed by atoms with van der Waals surface area (Å²) in [5, 5.41) is 7.31. The average molecular weight is 437 g/mol. The van der Waals surface area contributed by atoms with Crippen LogP contribution in [-0.2, 0) is 25.6 Å². The van der Waals surface area contributed by atoms with Crippen LogP contribution in [-0.4, -0.2) is 48.4 Å². The lowest BCUT2D eigenvalue weighted by Crippen LogP contribution is -2.39. The van der Waals surface area contributed by atoms with E-state index in [-0.39, 0.29) is 25.4 Å². The summed E-state index contributed by atoms with van der Waals surface area (Å²) in [5.74, 6) is -0.821. The number of benzene rings is 1. The van der Waals surface area contributed by atoms with Crippen molar-refractivity contribution in [2.24, 2.45) is 0 Å². The second-order valence-corrected chi connectivity index (χ2v) is 8.61. The number of hydrogen-bond donors (Lipinski definition) is 3. The summed E-state index contributed by atoms with van der Waals surface area (Å²) in [6, 6.07) is 6.54. The Morgan fingerprint density at radius 3 is 1.90 bits per heavy atom. The molecule has 0 fully saturated rings. The molecule has 0 aliphatic rings. The summed E-state index contributed by atoms with van der Waals surface area (Å²) in [5.41, 5.74) is -0.647. The van der Waals surface area contributed by atoms with Gasteiger partial charge in [-0.25, -0.2) is 14.4 Å². The summed E-state index contributed by atoms with van der Waals surface area (Å²) in [6.45, 7) is 9.87. The van der Waals surface area contributed by atoms with Crippen molar-refractivity contribution < 1.29 is 33.4 Å². The van der Waals surface area contributed by atoms with Gasteiger partial charge in [-0.15, -0.1) is 0 Å². The van der Waals surface area contributed by atoms with Gasteiger partial charge in [-0.2, -0.15) is 0 Å². The number of nitrogens with one attached hydrogen (secondary N) is 3. The van der Waals surface area contributed by atoms with E-state index in [2.05, 4.69) is 16.0 Å². The van der Waals surface area contributed by atoms with Crippen molar-refractivity contribution in [2.45, 2.75) is 59.3 Å². The summed E-state index contributed by atoms with van der Waals surface area (Å²) in [6.07, 6.45) is -1.41. The van der Waals surface area contributed by atoms with Gasteiger partial charge in [0, 0.05) is 6.54 Å².